The zero-order valence-corrected chi connectivity index (χ0v) is 13.0. The lowest BCUT2D eigenvalue weighted by Gasteiger charge is -2.29. The summed E-state index contributed by atoms with van der Waals surface area (Å²) in [5.74, 6) is -0.245. The zero-order chi connectivity index (χ0) is 16.2. The van der Waals surface area contributed by atoms with Gasteiger partial charge in [0.15, 0.2) is 11.5 Å². The normalized spacial score (nSPS) is 14.6. The number of nitrogens with one attached hydrogen (secondary N) is 1. The summed E-state index contributed by atoms with van der Waals surface area (Å²) in [5.41, 5.74) is 8.53. The van der Waals surface area contributed by atoms with Crippen LogP contribution in [0.1, 0.15) is 16.1 Å². The number of carbonyl (C=O) groups excluding carboxylic acids is 1. The quantitative estimate of drug-likeness (QED) is 0.887. The number of benzene rings is 1. The van der Waals surface area contributed by atoms with Crippen LogP contribution in [0.2, 0.25) is 0 Å². The van der Waals surface area contributed by atoms with Gasteiger partial charge in [0, 0.05) is 36.9 Å². The van der Waals surface area contributed by atoms with Gasteiger partial charge in [-0.1, -0.05) is 0 Å². The first kappa shape index (κ1) is 15.2. The van der Waals surface area contributed by atoms with Gasteiger partial charge in [-0.25, -0.2) is 9.97 Å². The molecule has 1 fully saturated rings. The molecule has 1 saturated heterocycles. The first-order valence-electron chi connectivity index (χ1n) is 7.46. The highest BCUT2D eigenvalue weighted by Gasteiger charge is 2.14. The Labute approximate surface area is 134 Å². The second kappa shape index (κ2) is 6.62. The number of anilines is 3. The summed E-state index contributed by atoms with van der Waals surface area (Å²) in [7, 11) is 0. The molecule has 1 amide bonds. The van der Waals surface area contributed by atoms with E-state index in [9.17, 15) is 4.79 Å². The highest BCUT2D eigenvalue weighted by molar-refractivity contribution is 5.96. The smallest absolute Gasteiger partial charge is 0.271 e. The molecule has 0 saturated carbocycles. The van der Waals surface area contributed by atoms with E-state index in [0.29, 0.717) is 5.82 Å². The second-order valence-electron chi connectivity index (χ2n) is 5.34. The summed E-state index contributed by atoms with van der Waals surface area (Å²) < 4.78 is 5.38. The van der Waals surface area contributed by atoms with Gasteiger partial charge in [0.05, 0.1) is 13.2 Å². The van der Waals surface area contributed by atoms with E-state index in [4.69, 9.17) is 10.5 Å². The van der Waals surface area contributed by atoms with E-state index >= 15 is 0 Å². The molecule has 2 heterocycles. The Morgan fingerprint density at radius 1 is 1.26 bits per heavy atom. The Bertz CT molecular complexity index is 713. The molecule has 120 valence electrons. The minimum atomic E-state index is -0.608. The Morgan fingerprint density at radius 3 is 2.70 bits per heavy atom. The minimum absolute atomic E-state index is 0.129. The molecule has 0 bridgehead atoms. The van der Waals surface area contributed by atoms with Crippen LogP contribution in [0.15, 0.2) is 30.6 Å². The first-order valence-corrected chi connectivity index (χ1v) is 7.46. The molecule has 3 rings (SSSR count). The molecule has 1 aliphatic heterocycles. The maximum absolute atomic E-state index is 11.4. The zero-order valence-electron chi connectivity index (χ0n) is 13.0. The summed E-state index contributed by atoms with van der Waals surface area (Å²) in [6, 6.07) is 6.12. The van der Waals surface area contributed by atoms with Crippen molar-refractivity contribution in [2.24, 2.45) is 5.73 Å². The molecular formula is C16H19N5O2. The van der Waals surface area contributed by atoms with Gasteiger partial charge >= 0.3 is 0 Å². The summed E-state index contributed by atoms with van der Waals surface area (Å²) in [6.07, 6.45) is 2.96. The molecule has 7 heteroatoms. The molecule has 1 aromatic carbocycles. The lowest BCUT2D eigenvalue weighted by Crippen LogP contribution is -2.36. The number of carbonyl (C=O) groups is 1. The SMILES string of the molecule is Cc1cc(N2CCOCC2)ccc1Nc1nccnc1C(N)=O. The number of morpholine rings is 1. The van der Waals surface area contributed by atoms with E-state index < -0.39 is 5.91 Å². The third-order valence-corrected chi connectivity index (χ3v) is 3.77. The summed E-state index contributed by atoms with van der Waals surface area (Å²) >= 11 is 0. The van der Waals surface area contributed by atoms with E-state index in [2.05, 4.69) is 26.3 Å². The molecule has 0 spiro atoms. The Kier molecular flexibility index (Phi) is 4.38. The van der Waals surface area contributed by atoms with Crippen LogP contribution >= 0.6 is 0 Å². The van der Waals surface area contributed by atoms with Gasteiger partial charge in [-0.15, -0.1) is 0 Å². The largest absolute Gasteiger partial charge is 0.378 e. The third-order valence-electron chi connectivity index (χ3n) is 3.77. The van der Waals surface area contributed by atoms with Gasteiger partial charge in [0.2, 0.25) is 0 Å². The standard InChI is InChI=1S/C16H19N5O2/c1-11-10-12(21-6-8-23-9-7-21)2-3-13(11)20-16-14(15(17)22)18-4-5-19-16/h2-5,10H,6-9H2,1H3,(H2,17,22)(H,19,20). The maximum Gasteiger partial charge on any atom is 0.271 e. The lowest BCUT2D eigenvalue weighted by atomic mass is 10.1. The van der Waals surface area contributed by atoms with E-state index in [1.165, 1.54) is 12.4 Å². The second-order valence-corrected chi connectivity index (χ2v) is 5.34. The number of primary amides is 1. The van der Waals surface area contributed by atoms with Crippen LogP contribution in [0, 0.1) is 6.92 Å². The maximum atomic E-state index is 11.4. The number of hydrogen-bond donors (Lipinski definition) is 2. The fraction of sp³-hybridized carbons (Fsp3) is 0.312. The monoisotopic (exact) mass is 313 g/mol. The molecule has 3 N–H and O–H groups in total. The Hall–Kier alpha value is -2.67. The molecule has 2 aromatic rings. The molecule has 23 heavy (non-hydrogen) atoms. The molecular weight excluding hydrogens is 294 g/mol. The highest BCUT2D eigenvalue weighted by atomic mass is 16.5. The number of nitrogens with two attached hydrogens (primary N) is 1. The molecule has 0 atom stereocenters. The number of aryl methyl sites for hydroxylation is 1. The van der Waals surface area contributed by atoms with Crippen LogP contribution in [0.4, 0.5) is 17.2 Å². The van der Waals surface area contributed by atoms with Gasteiger partial charge in [-0.2, -0.15) is 0 Å². The lowest BCUT2D eigenvalue weighted by molar-refractivity contribution is 0.0996. The van der Waals surface area contributed by atoms with Crippen LogP contribution < -0.4 is 16.0 Å². The predicted molar refractivity (Wildman–Crippen MR) is 88.0 cm³/mol. The molecule has 1 aliphatic rings. The molecule has 0 unspecified atom stereocenters. The van der Waals surface area contributed by atoms with Gasteiger partial charge < -0.3 is 20.7 Å². The summed E-state index contributed by atoms with van der Waals surface area (Å²) in [6.45, 7) is 5.29. The number of hydrogen-bond acceptors (Lipinski definition) is 6. The van der Waals surface area contributed by atoms with Crippen molar-refractivity contribution >= 4 is 23.1 Å². The van der Waals surface area contributed by atoms with Gasteiger partial charge in [-0.3, -0.25) is 4.79 Å². The van der Waals surface area contributed by atoms with Crippen molar-refractivity contribution in [3.05, 3.63) is 41.9 Å². The van der Waals surface area contributed by atoms with Gasteiger partial charge in [0.25, 0.3) is 5.91 Å². The van der Waals surface area contributed by atoms with Crippen molar-refractivity contribution in [2.45, 2.75) is 6.92 Å². The Morgan fingerprint density at radius 2 is 2.00 bits per heavy atom. The topological polar surface area (TPSA) is 93.4 Å². The molecule has 0 radical (unpaired) electrons. The van der Waals surface area contributed by atoms with Crippen molar-refractivity contribution in [3.8, 4) is 0 Å². The van der Waals surface area contributed by atoms with E-state index in [-0.39, 0.29) is 5.69 Å². The fourth-order valence-corrected chi connectivity index (χ4v) is 2.54. The minimum Gasteiger partial charge on any atom is -0.378 e. The highest BCUT2D eigenvalue weighted by Crippen LogP contribution is 2.26. The van der Waals surface area contributed by atoms with Crippen LogP contribution in [-0.4, -0.2) is 42.2 Å². The molecule has 1 aromatic heterocycles. The number of amides is 1. The van der Waals surface area contributed by atoms with Crippen molar-refractivity contribution in [1.29, 1.82) is 0 Å². The van der Waals surface area contributed by atoms with E-state index in [1.54, 1.807) is 0 Å². The number of aromatic nitrogens is 2. The average molecular weight is 313 g/mol. The Balaban J connectivity index is 1.83. The summed E-state index contributed by atoms with van der Waals surface area (Å²) in [4.78, 5) is 21.8. The van der Waals surface area contributed by atoms with E-state index in [1.807, 2.05) is 19.1 Å². The van der Waals surface area contributed by atoms with Crippen LogP contribution in [0.5, 0.6) is 0 Å². The summed E-state index contributed by atoms with van der Waals surface area (Å²) in [5, 5.41) is 3.13. The predicted octanol–water partition coefficient (Wildman–Crippen LogP) is 1.46. The van der Waals surface area contributed by atoms with Crippen molar-refractivity contribution in [2.75, 3.05) is 36.5 Å². The number of nitrogens with zero attached hydrogens (tertiary/aromatic N) is 3. The first-order chi connectivity index (χ1) is 11.1. The van der Waals surface area contributed by atoms with Crippen molar-refractivity contribution in [1.82, 2.24) is 9.97 Å². The van der Waals surface area contributed by atoms with Gasteiger partial charge in [0.1, 0.15) is 0 Å². The molecule has 7 nitrogen and oxygen atoms in total. The van der Waals surface area contributed by atoms with Crippen LogP contribution in [-0.2, 0) is 4.74 Å². The van der Waals surface area contributed by atoms with E-state index in [0.717, 1.165) is 43.2 Å². The van der Waals surface area contributed by atoms with Crippen molar-refractivity contribution < 1.29 is 9.53 Å². The average Bonchev–Trinajstić information content (AvgIpc) is 2.58. The van der Waals surface area contributed by atoms with Crippen LogP contribution in [0.3, 0.4) is 0 Å². The number of ether oxygens (including phenoxy) is 1. The van der Waals surface area contributed by atoms with Crippen LogP contribution in [0.25, 0.3) is 0 Å². The molecule has 0 aliphatic carbocycles. The van der Waals surface area contributed by atoms with Crippen molar-refractivity contribution in [3.63, 3.8) is 0 Å². The van der Waals surface area contributed by atoms with Gasteiger partial charge in [-0.05, 0) is 30.7 Å². The fourth-order valence-electron chi connectivity index (χ4n) is 2.54. The number of rotatable bonds is 4. The third kappa shape index (κ3) is 3.40.